The number of rotatable bonds is 2. The average Bonchev–Trinajstić information content (AvgIpc) is 2.98. The van der Waals surface area contributed by atoms with Crippen molar-refractivity contribution in [2.75, 3.05) is 0 Å². The maximum atomic E-state index is 4.28. The zero-order valence-electron chi connectivity index (χ0n) is 8.62. The van der Waals surface area contributed by atoms with E-state index in [1.54, 1.807) is 4.68 Å². The molecule has 4 nitrogen and oxygen atoms in total. The lowest BCUT2D eigenvalue weighted by molar-refractivity contribution is 0.796. The van der Waals surface area contributed by atoms with Crippen LogP contribution in [-0.2, 0) is 0 Å². The van der Waals surface area contributed by atoms with Crippen molar-refractivity contribution in [2.45, 2.75) is 0 Å². The van der Waals surface area contributed by atoms with Crippen LogP contribution in [0.4, 0.5) is 0 Å². The van der Waals surface area contributed by atoms with Crippen molar-refractivity contribution in [3.05, 3.63) is 46.5 Å². The molecule has 17 heavy (non-hydrogen) atoms. The van der Waals surface area contributed by atoms with Crippen molar-refractivity contribution in [1.29, 1.82) is 0 Å². The van der Waals surface area contributed by atoms with Gasteiger partial charge in [0, 0.05) is 10.9 Å². The second kappa shape index (κ2) is 4.38. The predicted molar refractivity (Wildman–Crippen MR) is 70.2 cm³/mol. The van der Waals surface area contributed by atoms with Gasteiger partial charge in [-0.15, -0.1) is 16.4 Å². The summed E-state index contributed by atoms with van der Waals surface area (Å²) < 4.78 is 2.49. The summed E-state index contributed by atoms with van der Waals surface area (Å²) in [5, 5.41) is 10.9. The Bertz CT molecular complexity index is 632. The molecule has 0 unspecified atom stereocenters. The Balaban J connectivity index is 1.99. The SMILES string of the molecule is Brc1csc(-n2cc(-c3ccccc3)nn2)n1. The molecule has 0 spiro atoms. The van der Waals surface area contributed by atoms with E-state index in [-0.39, 0.29) is 0 Å². The molecule has 1 aromatic carbocycles. The molecule has 0 radical (unpaired) electrons. The van der Waals surface area contributed by atoms with Gasteiger partial charge in [0.15, 0.2) is 0 Å². The van der Waals surface area contributed by atoms with E-state index in [0.717, 1.165) is 21.0 Å². The van der Waals surface area contributed by atoms with Crippen LogP contribution in [0.25, 0.3) is 16.4 Å². The molecule has 3 rings (SSSR count). The van der Waals surface area contributed by atoms with Gasteiger partial charge in [-0.25, -0.2) is 4.98 Å². The molecule has 2 aromatic heterocycles. The topological polar surface area (TPSA) is 43.6 Å². The summed E-state index contributed by atoms with van der Waals surface area (Å²) in [5.74, 6) is 0. The van der Waals surface area contributed by atoms with Crippen LogP contribution in [0.1, 0.15) is 0 Å². The molecule has 84 valence electrons. The van der Waals surface area contributed by atoms with Crippen molar-refractivity contribution in [1.82, 2.24) is 20.0 Å². The molecule has 0 fully saturated rings. The van der Waals surface area contributed by atoms with Gasteiger partial charge < -0.3 is 0 Å². The number of thiazole rings is 1. The molecular weight excluding hydrogens is 300 g/mol. The molecule has 3 aromatic rings. The Labute approximate surface area is 110 Å². The van der Waals surface area contributed by atoms with Gasteiger partial charge in [-0.2, -0.15) is 4.68 Å². The van der Waals surface area contributed by atoms with Crippen molar-refractivity contribution >= 4 is 27.3 Å². The minimum Gasteiger partial charge on any atom is -0.211 e. The molecule has 0 N–H and O–H groups in total. The Hall–Kier alpha value is -1.53. The van der Waals surface area contributed by atoms with Crippen LogP contribution in [0.3, 0.4) is 0 Å². The van der Waals surface area contributed by atoms with Gasteiger partial charge in [0.25, 0.3) is 0 Å². The molecule has 0 saturated carbocycles. The molecule has 2 heterocycles. The summed E-state index contributed by atoms with van der Waals surface area (Å²) in [6.07, 6.45) is 1.88. The highest BCUT2D eigenvalue weighted by Gasteiger charge is 2.07. The summed E-state index contributed by atoms with van der Waals surface area (Å²) >= 11 is 4.83. The molecule has 0 aliphatic rings. The second-order valence-corrected chi connectivity index (χ2v) is 5.02. The maximum absolute atomic E-state index is 4.28. The number of aromatic nitrogens is 4. The number of hydrogen-bond donors (Lipinski definition) is 0. The number of halogens is 1. The van der Waals surface area contributed by atoms with E-state index in [1.165, 1.54) is 11.3 Å². The number of nitrogens with zero attached hydrogens (tertiary/aromatic N) is 4. The molecule has 0 atom stereocenters. The van der Waals surface area contributed by atoms with Crippen LogP contribution >= 0.6 is 27.3 Å². The van der Waals surface area contributed by atoms with Crippen LogP contribution in [0.5, 0.6) is 0 Å². The fraction of sp³-hybridized carbons (Fsp3) is 0. The van der Waals surface area contributed by atoms with E-state index in [1.807, 2.05) is 41.9 Å². The van der Waals surface area contributed by atoms with E-state index in [9.17, 15) is 0 Å². The third-order valence-electron chi connectivity index (χ3n) is 2.22. The monoisotopic (exact) mass is 306 g/mol. The highest BCUT2D eigenvalue weighted by molar-refractivity contribution is 9.10. The summed E-state index contributed by atoms with van der Waals surface area (Å²) in [4.78, 5) is 4.28. The summed E-state index contributed by atoms with van der Waals surface area (Å²) in [6.45, 7) is 0. The highest BCUT2D eigenvalue weighted by Crippen LogP contribution is 2.20. The van der Waals surface area contributed by atoms with E-state index >= 15 is 0 Å². The lowest BCUT2D eigenvalue weighted by Gasteiger charge is -1.92. The lowest BCUT2D eigenvalue weighted by Crippen LogP contribution is -1.93. The normalized spacial score (nSPS) is 10.6. The minimum absolute atomic E-state index is 0.798. The largest absolute Gasteiger partial charge is 0.212 e. The first-order chi connectivity index (χ1) is 8.33. The van der Waals surface area contributed by atoms with Crippen molar-refractivity contribution in [2.24, 2.45) is 0 Å². The predicted octanol–water partition coefficient (Wildman–Crippen LogP) is 3.15. The van der Waals surface area contributed by atoms with Crippen LogP contribution in [0, 0.1) is 0 Å². The lowest BCUT2D eigenvalue weighted by atomic mass is 10.2. The third-order valence-corrected chi connectivity index (χ3v) is 3.76. The molecule has 0 amide bonds. The Morgan fingerprint density at radius 2 is 2.00 bits per heavy atom. The van der Waals surface area contributed by atoms with Gasteiger partial charge in [0.2, 0.25) is 5.13 Å². The van der Waals surface area contributed by atoms with Crippen LogP contribution < -0.4 is 0 Å². The molecule has 6 heteroatoms. The van der Waals surface area contributed by atoms with E-state index < -0.39 is 0 Å². The van der Waals surface area contributed by atoms with E-state index in [0.29, 0.717) is 0 Å². The Morgan fingerprint density at radius 3 is 2.71 bits per heavy atom. The number of hydrogen-bond acceptors (Lipinski definition) is 4. The first-order valence-corrected chi connectivity index (χ1v) is 6.59. The summed E-state index contributed by atoms with van der Waals surface area (Å²) in [5.41, 5.74) is 1.89. The maximum Gasteiger partial charge on any atom is 0.212 e. The fourth-order valence-corrected chi connectivity index (χ4v) is 2.62. The van der Waals surface area contributed by atoms with Crippen LogP contribution in [0.15, 0.2) is 46.5 Å². The summed E-state index contributed by atoms with van der Waals surface area (Å²) in [6, 6.07) is 9.95. The zero-order chi connectivity index (χ0) is 11.7. The molecular formula is C11H7BrN4S. The molecule has 0 aliphatic carbocycles. The van der Waals surface area contributed by atoms with Crippen molar-refractivity contribution in [3.63, 3.8) is 0 Å². The minimum atomic E-state index is 0.798. The van der Waals surface area contributed by atoms with Gasteiger partial charge in [0.1, 0.15) is 10.3 Å². The van der Waals surface area contributed by atoms with Crippen LogP contribution in [-0.4, -0.2) is 20.0 Å². The van der Waals surface area contributed by atoms with Crippen molar-refractivity contribution < 1.29 is 0 Å². The van der Waals surface area contributed by atoms with E-state index in [2.05, 4.69) is 31.2 Å². The Kier molecular flexibility index (Phi) is 2.74. The summed E-state index contributed by atoms with van der Waals surface area (Å²) in [7, 11) is 0. The first kappa shape index (κ1) is 10.6. The van der Waals surface area contributed by atoms with Crippen LogP contribution in [0.2, 0.25) is 0 Å². The van der Waals surface area contributed by atoms with Gasteiger partial charge >= 0.3 is 0 Å². The average molecular weight is 307 g/mol. The third kappa shape index (κ3) is 2.13. The zero-order valence-corrected chi connectivity index (χ0v) is 11.0. The smallest absolute Gasteiger partial charge is 0.211 e. The molecule has 0 aliphatic heterocycles. The van der Waals surface area contributed by atoms with Gasteiger partial charge in [-0.3, -0.25) is 0 Å². The Morgan fingerprint density at radius 1 is 1.18 bits per heavy atom. The van der Waals surface area contributed by atoms with E-state index in [4.69, 9.17) is 0 Å². The van der Waals surface area contributed by atoms with Crippen molar-refractivity contribution in [3.8, 4) is 16.4 Å². The van der Waals surface area contributed by atoms with Gasteiger partial charge in [-0.05, 0) is 15.9 Å². The van der Waals surface area contributed by atoms with Gasteiger partial charge in [-0.1, -0.05) is 35.5 Å². The highest BCUT2D eigenvalue weighted by atomic mass is 79.9. The molecule has 0 saturated heterocycles. The molecule has 0 bridgehead atoms. The van der Waals surface area contributed by atoms with Gasteiger partial charge in [0.05, 0.1) is 6.20 Å². The standard InChI is InChI=1S/C11H7BrN4S/c12-10-7-17-11(13-10)16-6-9(14-15-16)8-4-2-1-3-5-8/h1-7H. The quantitative estimate of drug-likeness (QED) is 0.730. The number of benzene rings is 1. The second-order valence-electron chi connectivity index (χ2n) is 3.37. The first-order valence-electron chi connectivity index (χ1n) is 4.92. The fourth-order valence-electron chi connectivity index (χ4n) is 1.45.